The van der Waals surface area contributed by atoms with E-state index in [1.165, 1.54) is 0 Å². The minimum atomic E-state index is -0.806. The maximum absolute atomic E-state index is 13.4. The molecular weight excluding hydrogens is 456 g/mol. The van der Waals surface area contributed by atoms with Crippen molar-refractivity contribution in [3.8, 4) is 5.75 Å². The van der Waals surface area contributed by atoms with Crippen LogP contribution in [0.15, 0.2) is 40.8 Å². The molecule has 0 unspecified atom stereocenters. The smallest absolute Gasteiger partial charge is 0.287 e. The first-order chi connectivity index (χ1) is 16.4. The predicted molar refractivity (Wildman–Crippen MR) is 129 cm³/mol. The van der Waals surface area contributed by atoms with Crippen LogP contribution in [0.4, 0.5) is 0 Å². The average molecular weight is 483 g/mol. The van der Waals surface area contributed by atoms with E-state index in [4.69, 9.17) is 25.5 Å². The SMILES string of the molecule is Cc1c(C(=O)NCCN2CCOCC2)oc2ccc3c(c12)C(=O)C[C@@](C)(c1ccc(Cl)cc1)O3. The molecule has 2 aliphatic rings. The van der Waals surface area contributed by atoms with Crippen molar-refractivity contribution in [1.82, 2.24) is 10.2 Å². The number of carbonyl (C=O) groups is 2. The molecule has 1 aromatic heterocycles. The van der Waals surface area contributed by atoms with E-state index < -0.39 is 5.60 Å². The summed E-state index contributed by atoms with van der Waals surface area (Å²) in [5.74, 6) is 0.381. The molecule has 34 heavy (non-hydrogen) atoms. The second kappa shape index (κ2) is 9.06. The van der Waals surface area contributed by atoms with Crippen LogP contribution in [0.2, 0.25) is 5.02 Å². The third-order valence-corrected chi connectivity index (χ3v) is 6.90. The van der Waals surface area contributed by atoms with Crippen LogP contribution in [-0.4, -0.2) is 56.0 Å². The van der Waals surface area contributed by atoms with Gasteiger partial charge < -0.3 is 19.2 Å². The number of rotatable bonds is 5. The molecule has 0 spiro atoms. The van der Waals surface area contributed by atoms with Gasteiger partial charge in [0.2, 0.25) is 0 Å². The number of furan rings is 1. The summed E-state index contributed by atoms with van der Waals surface area (Å²) in [6.45, 7) is 8.13. The van der Waals surface area contributed by atoms with Crippen LogP contribution in [0.25, 0.3) is 11.0 Å². The first-order valence-corrected chi connectivity index (χ1v) is 11.9. The topological polar surface area (TPSA) is 81.0 Å². The van der Waals surface area contributed by atoms with Crippen LogP contribution in [0.3, 0.4) is 0 Å². The zero-order valence-corrected chi connectivity index (χ0v) is 20.0. The third kappa shape index (κ3) is 4.19. The normalized spacial score (nSPS) is 20.7. The Balaban J connectivity index is 1.39. The van der Waals surface area contributed by atoms with Crippen LogP contribution < -0.4 is 10.1 Å². The Labute approximate surface area is 202 Å². The van der Waals surface area contributed by atoms with E-state index in [0.717, 1.165) is 38.4 Å². The van der Waals surface area contributed by atoms with Crippen molar-refractivity contribution in [3.05, 3.63) is 63.9 Å². The maximum atomic E-state index is 13.4. The van der Waals surface area contributed by atoms with Gasteiger partial charge in [-0.05, 0) is 43.7 Å². The molecular formula is C26H27ClN2O5. The van der Waals surface area contributed by atoms with Gasteiger partial charge in [0.15, 0.2) is 11.5 Å². The number of nitrogens with zero attached hydrogens (tertiary/aromatic N) is 1. The summed E-state index contributed by atoms with van der Waals surface area (Å²) in [4.78, 5) is 28.5. The van der Waals surface area contributed by atoms with E-state index in [2.05, 4.69) is 10.2 Å². The second-order valence-electron chi connectivity index (χ2n) is 9.02. The number of ether oxygens (including phenoxy) is 2. The summed E-state index contributed by atoms with van der Waals surface area (Å²) >= 11 is 6.03. The van der Waals surface area contributed by atoms with E-state index >= 15 is 0 Å². The van der Waals surface area contributed by atoms with Gasteiger partial charge in [0, 0.05) is 42.2 Å². The van der Waals surface area contributed by atoms with Gasteiger partial charge in [0.1, 0.15) is 16.9 Å². The summed E-state index contributed by atoms with van der Waals surface area (Å²) in [7, 11) is 0. The minimum absolute atomic E-state index is 0.0486. The van der Waals surface area contributed by atoms with Gasteiger partial charge in [-0.2, -0.15) is 0 Å². The van der Waals surface area contributed by atoms with Crippen molar-refractivity contribution in [2.45, 2.75) is 25.9 Å². The monoisotopic (exact) mass is 482 g/mol. The minimum Gasteiger partial charge on any atom is -0.482 e. The van der Waals surface area contributed by atoms with Gasteiger partial charge in [-0.25, -0.2) is 0 Å². The second-order valence-corrected chi connectivity index (χ2v) is 9.45. The van der Waals surface area contributed by atoms with E-state index in [0.29, 0.717) is 39.4 Å². The highest BCUT2D eigenvalue weighted by atomic mass is 35.5. The maximum Gasteiger partial charge on any atom is 0.287 e. The van der Waals surface area contributed by atoms with Gasteiger partial charge in [0.25, 0.3) is 5.91 Å². The summed E-state index contributed by atoms with van der Waals surface area (Å²) in [6, 6.07) is 10.8. The molecule has 0 saturated carbocycles. The number of morpholine rings is 1. The highest BCUT2D eigenvalue weighted by molar-refractivity contribution is 6.30. The number of hydrogen-bond acceptors (Lipinski definition) is 6. The summed E-state index contributed by atoms with van der Waals surface area (Å²) in [5.41, 5.74) is 1.68. The first kappa shape index (κ1) is 22.9. The molecule has 1 saturated heterocycles. The van der Waals surface area contributed by atoms with Crippen LogP contribution >= 0.6 is 11.6 Å². The Morgan fingerprint density at radius 1 is 1.15 bits per heavy atom. The fourth-order valence-corrected chi connectivity index (χ4v) is 4.90. The largest absolute Gasteiger partial charge is 0.482 e. The van der Waals surface area contributed by atoms with Gasteiger partial charge in [-0.1, -0.05) is 23.7 Å². The molecule has 0 bridgehead atoms. The van der Waals surface area contributed by atoms with Gasteiger partial charge in [0.05, 0.1) is 25.2 Å². The number of amides is 1. The Morgan fingerprint density at radius 3 is 2.62 bits per heavy atom. The molecule has 7 nitrogen and oxygen atoms in total. The molecule has 0 radical (unpaired) electrons. The molecule has 3 aromatic rings. The number of aryl methyl sites for hydroxylation is 1. The Morgan fingerprint density at radius 2 is 1.88 bits per heavy atom. The molecule has 8 heteroatoms. The molecule has 1 amide bonds. The third-order valence-electron chi connectivity index (χ3n) is 6.65. The fourth-order valence-electron chi connectivity index (χ4n) is 4.77. The predicted octanol–water partition coefficient (Wildman–Crippen LogP) is 4.34. The van der Waals surface area contributed by atoms with Crippen molar-refractivity contribution in [3.63, 3.8) is 0 Å². The van der Waals surface area contributed by atoms with Crippen LogP contribution in [-0.2, 0) is 10.3 Å². The van der Waals surface area contributed by atoms with E-state index in [-0.39, 0.29) is 23.9 Å². The molecule has 2 aromatic carbocycles. The molecule has 0 aliphatic carbocycles. The number of ketones is 1. The lowest BCUT2D eigenvalue weighted by Gasteiger charge is -2.35. The molecule has 1 atom stereocenters. The van der Waals surface area contributed by atoms with Crippen LogP contribution in [0.5, 0.6) is 5.75 Å². The zero-order valence-electron chi connectivity index (χ0n) is 19.3. The lowest BCUT2D eigenvalue weighted by Crippen LogP contribution is -2.41. The number of nitrogens with one attached hydrogen (secondary N) is 1. The Bertz CT molecular complexity index is 1250. The molecule has 1 fully saturated rings. The van der Waals surface area contributed by atoms with Crippen molar-refractivity contribution in [2.75, 3.05) is 39.4 Å². The van der Waals surface area contributed by atoms with Crippen LogP contribution in [0.1, 0.15) is 45.4 Å². The summed E-state index contributed by atoms with van der Waals surface area (Å²) < 4.78 is 17.6. The van der Waals surface area contributed by atoms with Gasteiger partial charge >= 0.3 is 0 Å². The Hall–Kier alpha value is -2.87. The van der Waals surface area contributed by atoms with Crippen molar-refractivity contribution in [1.29, 1.82) is 0 Å². The fraction of sp³-hybridized carbons (Fsp3) is 0.385. The number of carbonyl (C=O) groups excluding carboxylic acids is 2. The molecule has 2 aliphatic heterocycles. The number of Topliss-reactive ketones (excluding diaryl/α,β-unsaturated/α-hetero) is 1. The first-order valence-electron chi connectivity index (χ1n) is 11.5. The molecule has 3 heterocycles. The highest BCUT2D eigenvalue weighted by Gasteiger charge is 2.40. The van der Waals surface area contributed by atoms with E-state index in [1.807, 2.05) is 26.0 Å². The van der Waals surface area contributed by atoms with E-state index in [1.54, 1.807) is 24.3 Å². The molecule has 178 valence electrons. The zero-order chi connectivity index (χ0) is 23.9. The summed E-state index contributed by atoms with van der Waals surface area (Å²) in [5, 5.41) is 4.20. The van der Waals surface area contributed by atoms with Crippen molar-refractivity contribution in [2.24, 2.45) is 0 Å². The number of halogens is 1. The van der Waals surface area contributed by atoms with Crippen molar-refractivity contribution >= 4 is 34.3 Å². The summed E-state index contributed by atoms with van der Waals surface area (Å²) in [6.07, 6.45) is 0.173. The lowest BCUT2D eigenvalue weighted by molar-refractivity contribution is 0.0382. The number of benzene rings is 2. The lowest BCUT2D eigenvalue weighted by atomic mass is 9.84. The van der Waals surface area contributed by atoms with Gasteiger partial charge in [-0.15, -0.1) is 0 Å². The van der Waals surface area contributed by atoms with Crippen LogP contribution in [0, 0.1) is 6.92 Å². The average Bonchev–Trinajstić information content (AvgIpc) is 3.16. The number of fused-ring (bicyclic) bond motifs is 3. The Kier molecular flexibility index (Phi) is 6.10. The van der Waals surface area contributed by atoms with Gasteiger partial charge in [-0.3, -0.25) is 14.5 Å². The number of hydrogen-bond donors (Lipinski definition) is 1. The molecule has 5 rings (SSSR count). The highest BCUT2D eigenvalue weighted by Crippen LogP contribution is 2.44. The van der Waals surface area contributed by atoms with E-state index in [9.17, 15) is 9.59 Å². The quantitative estimate of drug-likeness (QED) is 0.582. The van der Waals surface area contributed by atoms with Crippen molar-refractivity contribution < 1.29 is 23.5 Å². The molecule has 1 N–H and O–H groups in total. The standard InChI is InChI=1S/C26H27ClN2O5/c1-16-22-20(33-24(16)25(31)28-9-10-29-11-13-32-14-12-29)7-8-21-23(22)19(30)15-26(2,34-21)17-3-5-18(27)6-4-17/h3-8H,9-15H2,1-2H3,(H,28,31)/t26-/m0/s1.